The van der Waals surface area contributed by atoms with Crippen molar-refractivity contribution in [3.05, 3.63) is 58.0 Å². The molecule has 0 saturated heterocycles. The van der Waals surface area contributed by atoms with Gasteiger partial charge in [-0.25, -0.2) is 4.98 Å². The second kappa shape index (κ2) is 9.87. The Morgan fingerprint density at radius 1 is 1.18 bits per heavy atom. The summed E-state index contributed by atoms with van der Waals surface area (Å²) >= 11 is 0. The highest BCUT2D eigenvalue weighted by Gasteiger charge is 2.11. The molecule has 0 fully saturated rings. The van der Waals surface area contributed by atoms with E-state index in [0.717, 1.165) is 12.1 Å². The van der Waals surface area contributed by atoms with Crippen molar-refractivity contribution in [3.8, 4) is 0 Å². The number of nitrogens with one attached hydrogen (secondary N) is 1. The third-order valence-electron chi connectivity index (χ3n) is 4.41. The molecule has 1 amide bonds. The lowest BCUT2D eigenvalue weighted by Crippen LogP contribution is -2.31. The Balaban J connectivity index is 0.00000196. The number of likely N-dealkylation sites (N-methyl/N-ethyl adjacent to an activating group) is 1. The molecule has 0 aliphatic carbocycles. The highest BCUT2D eigenvalue weighted by Crippen LogP contribution is 2.19. The molecule has 3 aromatic rings. The van der Waals surface area contributed by atoms with Crippen LogP contribution in [-0.4, -0.2) is 47.4 Å². The van der Waals surface area contributed by atoms with E-state index in [9.17, 15) is 9.59 Å². The minimum Gasteiger partial charge on any atom is -0.351 e. The molecule has 0 bridgehead atoms. The van der Waals surface area contributed by atoms with Gasteiger partial charge in [-0.3, -0.25) is 14.0 Å². The Morgan fingerprint density at radius 3 is 2.54 bits per heavy atom. The molecule has 1 N–H and O–H groups in total. The van der Waals surface area contributed by atoms with E-state index in [1.54, 1.807) is 18.3 Å². The zero-order chi connectivity index (χ0) is 18.8. The first-order valence-corrected chi connectivity index (χ1v) is 8.76. The normalized spacial score (nSPS) is 10.8. The van der Waals surface area contributed by atoms with Crippen LogP contribution in [0, 0.1) is 0 Å². The Kier molecular flexibility index (Phi) is 8.42. The van der Waals surface area contributed by atoms with Crippen molar-refractivity contribution in [1.82, 2.24) is 19.6 Å². The molecule has 8 heteroatoms. The molecule has 2 heterocycles. The number of hydrogen-bond acceptors (Lipinski definition) is 4. The summed E-state index contributed by atoms with van der Waals surface area (Å²) in [6.45, 7) is 5.47. The fourth-order valence-electron chi connectivity index (χ4n) is 2.81. The number of benzene rings is 1. The lowest BCUT2D eigenvalue weighted by Gasteiger charge is -2.11. The highest BCUT2D eigenvalue weighted by atomic mass is 35.5. The van der Waals surface area contributed by atoms with Crippen molar-refractivity contribution in [2.75, 3.05) is 27.2 Å². The number of amides is 1. The second-order valence-electron chi connectivity index (χ2n) is 7.05. The van der Waals surface area contributed by atoms with E-state index in [0.29, 0.717) is 34.6 Å². The highest BCUT2D eigenvalue weighted by molar-refractivity contribution is 5.94. The van der Waals surface area contributed by atoms with E-state index in [2.05, 4.69) is 24.1 Å². The second-order valence-corrected chi connectivity index (χ2v) is 7.05. The molecule has 0 unspecified atom stereocenters. The van der Waals surface area contributed by atoms with Crippen LogP contribution in [0.5, 0.6) is 0 Å². The van der Waals surface area contributed by atoms with Gasteiger partial charge in [0.25, 0.3) is 11.5 Å². The number of rotatable bonds is 5. The van der Waals surface area contributed by atoms with Crippen molar-refractivity contribution >= 4 is 47.3 Å². The maximum absolute atomic E-state index is 12.9. The minimum atomic E-state index is -0.198. The van der Waals surface area contributed by atoms with Crippen LogP contribution in [0.3, 0.4) is 0 Å². The molecule has 152 valence electrons. The zero-order valence-electron chi connectivity index (χ0n) is 16.4. The number of carbonyl (C=O) groups is 1. The molecule has 0 radical (unpaired) electrons. The number of carbonyl (C=O) groups excluding carboxylic acids is 1. The van der Waals surface area contributed by atoms with Crippen molar-refractivity contribution in [3.63, 3.8) is 0 Å². The molecule has 0 saturated carbocycles. The number of halogens is 2. The van der Waals surface area contributed by atoms with Crippen molar-refractivity contribution in [2.45, 2.75) is 19.8 Å². The van der Waals surface area contributed by atoms with Gasteiger partial charge in [-0.05, 0) is 49.8 Å². The van der Waals surface area contributed by atoms with Gasteiger partial charge in [0.1, 0.15) is 5.65 Å². The lowest BCUT2D eigenvalue weighted by molar-refractivity contribution is 0.0950. The molecule has 0 aliphatic rings. The SMILES string of the molecule is CC(C)c1ccc2nc3ccc(C(=O)NCCN(C)C)cn3c(=O)c2c1.Cl.Cl. The molecular weight excluding hydrogens is 399 g/mol. The first-order valence-electron chi connectivity index (χ1n) is 8.76. The summed E-state index contributed by atoms with van der Waals surface area (Å²) in [5.74, 6) is 0.130. The van der Waals surface area contributed by atoms with Gasteiger partial charge in [-0.1, -0.05) is 19.9 Å². The molecule has 0 atom stereocenters. The Labute approximate surface area is 176 Å². The third-order valence-corrected chi connectivity index (χ3v) is 4.41. The first-order chi connectivity index (χ1) is 12.4. The van der Waals surface area contributed by atoms with Crippen molar-refractivity contribution in [1.29, 1.82) is 0 Å². The van der Waals surface area contributed by atoms with Crippen molar-refractivity contribution < 1.29 is 4.79 Å². The average molecular weight is 425 g/mol. The van der Waals surface area contributed by atoms with E-state index in [-0.39, 0.29) is 36.3 Å². The molecule has 6 nitrogen and oxygen atoms in total. The third kappa shape index (κ3) is 5.01. The predicted octanol–water partition coefficient (Wildman–Crippen LogP) is 3.11. The van der Waals surface area contributed by atoms with Gasteiger partial charge in [0.2, 0.25) is 0 Å². The number of aromatic nitrogens is 2. The molecule has 2 aromatic heterocycles. The van der Waals surface area contributed by atoms with Crippen LogP contribution < -0.4 is 10.9 Å². The van der Waals surface area contributed by atoms with Gasteiger partial charge in [0.15, 0.2) is 0 Å². The van der Waals surface area contributed by atoms with Gasteiger partial charge in [-0.2, -0.15) is 0 Å². The maximum atomic E-state index is 12.9. The van der Waals surface area contributed by atoms with Gasteiger partial charge >= 0.3 is 0 Å². The Bertz CT molecular complexity index is 1030. The van der Waals surface area contributed by atoms with Crippen LogP contribution in [0.25, 0.3) is 16.6 Å². The summed E-state index contributed by atoms with van der Waals surface area (Å²) in [5.41, 5.74) is 2.58. The molecule has 1 aromatic carbocycles. The Morgan fingerprint density at radius 2 is 1.89 bits per heavy atom. The summed E-state index contributed by atoms with van der Waals surface area (Å²) in [7, 11) is 3.90. The molecule has 28 heavy (non-hydrogen) atoms. The number of fused-ring (bicyclic) bond motifs is 2. The number of nitrogens with zero attached hydrogens (tertiary/aromatic N) is 3. The van der Waals surface area contributed by atoms with Gasteiger partial charge in [0.05, 0.1) is 16.5 Å². The largest absolute Gasteiger partial charge is 0.351 e. The number of pyridine rings is 1. The van der Waals surface area contributed by atoms with E-state index < -0.39 is 0 Å². The predicted molar refractivity (Wildman–Crippen MR) is 118 cm³/mol. The molecule has 0 aliphatic heterocycles. The van der Waals surface area contributed by atoms with Crippen LogP contribution in [0.1, 0.15) is 35.7 Å². The number of hydrogen-bond donors (Lipinski definition) is 1. The van der Waals surface area contributed by atoms with E-state index in [1.807, 2.05) is 37.2 Å². The topological polar surface area (TPSA) is 66.7 Å². The van der Waals surface area contributed by atoms with Crippen LogP contribution in [-0.2, 0) is 0 Å². The standard InChI is InChI=1S/C20H24N4O2.2ClH/c1-13(2)14-5-7-17-16(11-14)20(26)24-12-15(6-8-18(24)22-17)19(25)21-9-10-23(3)4;;/h5-8,11-13H,9-10H2,1-4H3,(H,21,25);2*1H. The quantitative estimate of drug-likeness (QED) is 0.638. The van der Waals surface area contributed by atoms with Crippen LogP contribution in [0.4, 0.5) is 0 Å². The van der Waals surface area contributed by atoms with Crippen LogP contribution >= 0.6 is 24.8 Å². The zero-order valence-corrected chi connectivity index (χ0v) is 18.1. The summed E-state index contributed by atoms with van der Waals surface area (Å²) in [6.07, 6.45) is 1.57. The van der Waals surface area contributed by atoms with Gasteiger partial charge < -0.3 is 10.2 Å². The monoisotopic (exact) mass is 424 g/mol. The van der Waals surface area contributed by atoms with Crippen molar-refractivity contribution in [2.24, 2.45) is 0 Å². The van der Waals surface area contributed by atoms with Crippen LogP contribution in [0.2, 0.25) is 0 Å². The minimum absolute atomic E-state index is 0. The fourth-order valence-corrected chi connectivity index (χ4v) is 2.81. The molecule has 3 rings (SSSR count). The molecule has 0 spiro atoms. The van der Waals surface area contributed by atoms with E-state index in [1.165, 1.54) is 4.40 Å². The van der Waals surface area contributed by atoms with Gasteiger partial charge in [0, 0.05) is 19.3 Å². The van der Waals surface area contributed by atoms with E-state index in [4.69, 9.17) is 0 Å². The Hall–Kier alpha value is -2.15. The smallest absolute Gasteiger partial charge is 0.265 e. The van der Waals surface area contributed by atoms with Gasteiger partial charge in [-0.15, -0.1) is 24.8 Å². The average Bonchev–Trinajstić information content (AvgIpc) is 2.61. The summed E-state index contributed by atoms with van der Waals surface area (Å²) in [6, 6.07) is 9.18. The fraction of sp³-hybridized carbons (Fsp3) is 0.350. The maximum Gasteiger partial charge on any atom is 0.265 e. The lowest BCUT2D eigenvalue weighted by atomic mass is 10.0. The first kappa shape index (κ1) is 23.9. The summed E-state index contributed by atoms with van der Waals surface area (Å²) in [5, 5.41) is 3.43. The van der Waals surface area contributed by atoms with E-state index >= 15 is 0 Å². The summed E-state index contributed by atoms with van der Waals surface area (Å²) < 4.78 is 1.45. The summed E-state index contributed by atoms with van der Waals surface area (Å²) in [4.78, 5) is 31.8. The molecular formula is C20H26Cl2N4O2. The van der Waals surface area contributed by atoms with Crippen LogP contribution in [0.15, 0.2) is 41.3 Å².